The van der Waals surface area contributed by atoms with E-state index in [4.69, 9.17) is 9.47 Å². The van der Waals surface area contributed by atoms with Crippen LogP contribution < -0.4 is 0 Å². The zero-order valence-corrected chi connectivity index (χ0v) is 9.18. The van der Waals surface area contributed by atoms with Crippen molar-refractivity contribution in [3.05, 3.63) is 24.3 Å². The average Bonchev–Trinajstić information content (AvgIpc) is 2.39. The van der Waals surface area contributed by atoms with Crippen LogP contribution in [0.15, 0.2) is 18.6 Å². The molecule has 1 fully saturated rings. The van der Waals surface area contributed by atoms with Crippen LogP contribution in [0.25, 0.3) is 0 Å². The molecule has 0 aliphatic carbocycles. The first-order valence-electron chi connectivity index (χ1n) is 5.22. The highest BCUT2D eigenvalue weighted by atomic mass is 16.5. The number of hydrogen-bond donors (Lipinski definition) is 0. The number of ether oxygens (including phenoxy) is 2. The predicted octanol–water partition coefficient (Wildman–Crippen LogP) is 0.855. The molecule has 0 radical (unpaired) electrons. The van der Waals surface area contributed by atoms with Crippen LogP contribution in [0.1, 0.15) is 23.3 Å². The molecule has 16 heavy (non-hydrogen) atoms. The smallest absolute Gasteiger partial charge is 0.214 e. The van der Waals surface area contributed by atoms with Crippen LogP contribution in [0.4, 0.5) is 0 Å². The van der Waals surface area contributed by atoms with Gasteiger partial charge in [0.1, 0.15) is 11.3 Å². The molecule has 1 aromatic rings. The van der Waals surface area contributed by atoms with E-state index in [9.17, 15) is 4.79 Å². The molecule has 1 saturated heterocycles. The molecule has 0 atom stereocenters. The summed E-state index contributed by atoms with van der Waals surface area (Å²) < 4.78 is 10.6. The van der Waals surface area contributed by atoms with Crippen molar-refractivity contribution < 1.29 is 14.3 Å². The molecule has 0 unspecified atom stereocenters. The van der Waals surface area contributed by atoms with Gasteiger partial charge in [0.15, 0.2) is 0 Å². The Morgan fingerprint density at radius 1 is 1.44 bits per heavy atom. The zero-order valence-electron chi connectivity index (χ0n) is 9.18. The van der Waals surface area contributed by atoms with Gasteiger partial charge in [-0.1, -0.05) is 0 Å². The number of rotatable bonds is 3. The maximum absolute atomic E-state index is 12.3. The summed E-state index contributed by atoms with van der Waals surface area (Å²) in [5.74, 6) is -0.105. The third kappa shape index (κ3) is 1.96. The summed E-state index contributed by atoms with van der Waals surface area (Å²) in [6, 6.07) is 0. The molecule has 1 aliphatic heterocycles. The Labute approximate surface area is 93.8 Å². The molecule has 2 rings (SSSR count). The summed E-state index contributed by atoms with van der Waals surface area (Å²) >= 11 is 0. The largest absolute Gasteiger partial charge is 0.381 e. The lowest BCUT2D eigenvalue weighted by atomic mass is 9.88. The molecule has 1 aliphatic rings. The number of carbonyl (C=O) groups excluding carboxylic acids is 1. The lowest BCUT2D eigenvalue weighted by Gasteiger charge is -2.33. The van der Waals surface area contributed by atoms with Gasteiger partial charge >= 0.3 is 0 Å². The molecule has 0 N–H and O–H groups in total. The normalized spacial score (nSPS) is 19.3. The molecule has 2 heterocycles. The number of carbonyl (C=O) groups is 1. The van der Waals surface area contributed by atoms with Gasteiger partial charge in [-0.3, -0.25) is 9.78 Å². The molecule has 0 bridgehead atoms. The number of methoxy groups -OCH3 is 1. The molecule has 0 spiro atoms. The standard InChI is InChI=1S/C11H14N2O3/c1-15-11(2-6-16-7-3-11)10(14)9-8-12-4-5-13-9/h4-5,8H,2-3,6-7H2,1H3. The first kappa shape index (κ1) is 11.2. The Balaban J connectivity index is 2.24. The van der Waals surface area contributed by atoms with E-state index in [1.54, 1.807) is 13.3 Å². The van der Waals surface area contributed by atoms with Crippen LogP contribution in [-0.4, -0.2) is 41.7 Å². The van der Waals surface area contributed by atoms with Crippen molar-refractivity contribution in [3.8, 4) is 0 Å². The third-order valence-corrected chi connectivity index (χ3v) is 2.90. The zero-order chi connectivity index (χ0) is 11.4. The monoisotopic (exact) mass is 222 g/mol. The Kier molecular flexibility index (Phi) is 3.26. The molecule has 5 nitrogen and oxygen atoms in total. The van der Waals surface area contributed by atoms with Crippen LogP contribution in [0.2, 0.25) is 0 Å². The predicted molar refractivity (Wildman–Crippen MR) is 56.2 cm³/mol. The molecule has 5 heteroatoms. The molecule has 0 aromatic carbocycles. The van der Waals surface area contributed by atoms with E-state index in [0.717, 1.165) is 0 Å². The van der Waals surface area contributed by atoms with Gasteiger partial charge in [0.25, 0.3) is 0 Å². The fraction of sp³-hybridized carbons (Fsp3) is 0.545. The number of aromatic nitrogens is 2. The minimum Gasteiger partial charge on any atom is -0.381 e. The topological polar surface area (TPSA) is 61.3 Å². The summed E-state index contributed by atoms with van der Waals surface area (Å²) in [5, 5.41) is 0. The summed E-state index contributed by atoms with van der Waals surface area (Å²) in [5.41, 5.74) is -0.430. The number of hydrogen-bond acceptors (Lipinski definition) is 5. The van der Waals surface area contributed by atoms with Crippen LogP contribution in [-0.2, 0) is 9.47 Å². The molecular weight excluding hydrogens is 208 g/mol. The summed E-state index contributed by atoms with van der Waals surface area (Å²) in [4.78, 5) is 20.2. The lowest BCUT2D eigenvalue weighted by Crippen LogP contribution is -2.46. The van der Waals surface area contributed by atoms with Crippen molar-refractivity contribution in [2.24, 2.45) is 0 Å². The van der Waals surface area contributed by atoms with Gasteiger partial charge in [-0.05, 0) is 0 Å². The van der Waals surface area contributed by atoms with E-state index >= 15 is 0 Å². The summed E-state index contributed by atoms with van der Waals surface area (Å²) in [6.07, 6.45) is 5.66. The van der Waals surface area contributed by atoms with E-state index in [-0.39, 0.29) is 5.78 Å². The van der Waals surface area contributed by atoms with Gasteiger partial charge in [-0.15, -0.1) is 0 Å². The fourth-order valence-electron chi connectivity index (χ4n) is 1.87. The van der Waals surface area contributed by atoms with Gasteiger partial charge in [-0.2, -0.15) is 0 Å². The van der Waals surface area contributed by atoms with Crippen molar-refractivity contribution >= 4 is 5.78 Å². The molecule has 86 valence electrons. The lowest BCUT2D eigenvalue weighted by molar-refractivity contribution is -0.0665. The average molecular weight is 222 g/mol. The van der Waals surface area contributed by atoms with Gasteiger partial charge in [0.05, 0.1) is 6.20 Å². The minimum atomic E-state index is -0.783. The van der Waals surface area contributed by atoms with Crippen molar-refractivity contribution in [2.75, 3.05) is 20.3 Å². The van der Waals surface area contributed by atoms with Gasteiger partial charge < -0.3 is 9.47 Å². The van der Waals surface area contributed by atoms with E-state index in [0.29, 0.717) is 31.7 Å². The second-order valence-electron chi connectivity index (χ2n) is 3.73. The second kappa shape index (κ2) is 4.67. The quantitative estimate of drug-likeness (QED) is 0.710. The third-order valence-electron chi connectivity index (χ3n) is 2.90. The van der Waals surface area contributed by atoms with Gasteiger partial charge in [0, 0.05) is 45.6 Å². The minimum absolute atomic E-state index is 0.105. The maximum atomic E-state index is 12.3. The molecular formula is C11H14N2O3. The Morgan fingerprint density at radius 3 is 2.75 bits per heavy atom. The SMILES string of the molecule is COC1(C(=O)c2cnccn2)CCOCC1. The second-order valence-corrected chi connectivity index (χ2v) is 3.73. The van der Waals surface area contributed by atoms with Crippen molar-refractivity contribution in [1.82, 2.24) is 9.97 Å². The molecule has 1 aromatic heterocycles. The van der Waals surface area contributed by atoms with Crippen LogP contribution >= 0.6 is 0 Å². The maximum Gasteiger partial charge on any atom is 0.214 e. The number of ketones is 1. The van der Waals surface area contributed by atoms with Crippen molar-refractivity contribution in [3.63, 3.8) is 0 Å². The van der Waals surface area contributed by atoms with E-state index in [1.165, 1.54) is 12.4 Å². The highest BCUT2D eigenvalue weighted by Gasteiger charge is 2.41. The highest BCUT2D eigenvalue weighted by Crippen LogP contribution is 2.27. The number of Topliss-reactive ketones (excluding diaryl/α,β-unsaturated/α-hetero) is 1. The van der Waals surface area contributed by atoms with Crippen molar-refractivity contribution in [2.45, 2.75) is 18.4 Å². The Morgan fingerprint density at radius 2 is 2.19 bits per heavy atom. The van der Waals surface area contributed by atoms with Gasteiger partial charge in [0.2, 0.25) is 5.78 Å². The Hall–Kier alpha value is -1.33. The van der Waals surface area contributed by atoms with Crippen LogP contribution in [0.5, 0.6) is 0 Å². The van der Waals surface area contributed by atoms with E-state index in [1.807, 2.05) is 0 Å². The van der Waals surface area contributed by atoms with E-state index in [2.05, 4.69) is 9.97 Å². The highest BCUT2D eigenvalue weighted by molar-refractivity contribution is 6.00. The fourth-order valence-corrected chi connectivity index (χ4v) is 1.87. The first-order valence-corrected chi connectivity index (χ1v) is 5.22. The summed E-state index contributed by atoms with van der Waals surface area (Å²) in [7, 11) is 1.56. The number of nitrogens with zero attached hydrogens (tertiary/aromatic N) is 2. The van der Waals surface area contributed by atoms with E-state index < -0.39 is 5.60 Å². The Bertz CT molecular complexity index is 361. The van der Waals surface area contributed by atoms with Crippen LogP contribution in [0.3, 0.4) is 0 Å². The first-order chi connectivity index (χ1) is 7.78. The van der Waals surface area contributed by atoms with Crippen molar-refractivity contribution in [1.29, 1.82) is 0 Å². The molecule has 0 amide bonds. The van der Waals surface area contributed by atoms with Gasteiger partial charge in [-0.25, -0.2) is 4.98 Å². The molecule has 0 saturated carbocycles. The summed E-state index contributed by atoms with van der Waals surface area (Å²) in [6.45, 7) is 1.08. The van der Waals surface area contributed by atoms with Crippen LogP contribution in [0, 0.1) is 0 Å².